The van der Waals surface area contributed by atoms with Crippen LogP contribution in [0.1, 0.15) is 37.7 Å². The second-order valence-electron chi connectivity index (χ2n) is 6.74. The van der Waals surface area contributed by atoms with Crippen LogP contribution < -0.4 is 4.74 Å². The van der Waals surface area contributed by atoms with E-state index in [1.165, 1.54) is 0 Å². The molecule has 9 heteroatoms. The quantitative estimate of drug-likeness (QED) is 0.379. The van der Waals surface area contributed by atoms with Gasteiger partial charge < -0.3 is 19.8 Å². The number of rotatable bonds is 9. The third-order valence-corrected chi connectivity index (χ3v) is 5.07. The van der Waals surface area contributed by atoms with Gasteiger partial charge in [0.1, 0.15) is 18.4 Å². The smallest absolute Gasteiger partial charge is 0.306 e. The summed E-state index contributed by atoms with van der Waals surface area (Å²) in [6.45, 7) is 2.73. The molecular formula is C19H26N4O5. The number of hydrogen-bond acceptors (Lipinski definition) is 5. The number of nitrogens with zero attached hydrogens (tertiary/aromatic N) is 4. The Labute approximate surface area is 163 Å². The van der Waals surface area contributed by atoms with Crippen LogP contribution in [-0.4, -0.2) is 59.3 Å². The molecule has 1 aromatic carbocycles. The molecule has 2 atom stereocenters. The predicted molar refractivity (Wildman–Crippen MR) is 102 cm³/mol. The van der Waals surface area contributed by atoms with Crippen LogP contribution in [0.2, 0.25) is 0 Å². The molecule has 1 aliphatic rings. The van der Waals surface area contributed by atoms with Crippen molar-refractivity contribution in [3.05, 3.63) is 40.3 Å². The highest BCUT2D eigenvalue weighted by molar-refractivity contribution is 5.83. The molecule has 0 aliphatic carbocycles. The fourth-order valence-corrected chi connectivity index (χ4v) is 3.51. The number of carboxylic acids is 1. The summed E-state index contributed by atoms with van der Waals surface area (Å²) in [6, 6.07) is 6.27. The molecule has 28 heavy (non-hydrogen) atoms. The average Bonchev–Trinajstić information content (AvgIpc) is 2.72. The van der Waals surface area contributed by atoms with E-state index in [2.05, 4.69) is 10.0 Å². The van der Waals surface area contributed by atoms with E-state index in [1.54, 1.807) is 17.0 Å². The Bertz CT molecular complexity index is 710. The Kier molecular flexibility index (Phi) is 8.10. The average molecular weight is 390 g/mol. The van der Waals surface area contributed by atoms with E-state index in [9.17, 15) is 9.59 Å². The van der Waals surface area contributed by atoms with Crippen LogP contribution in [0, 0.1) is 5.92 Å². The molecule has 0 radical (unpaired) electrons. The van der Waals surface area contributed by atoms with Crippen molar-refractivity contribution in [3.63, 3.8) is 0 Å². The van der Waals surface area contributed by atoms with Gasteiger partial charge in [0.2, 0.25) is 5.91 Å². The van der Waals surface area contributed by atoms with Gasteiger partial charge >= 0.3 is 5.97 Å². The van der Waals surface area contributed by atoms with Crippen LogP contribution in [0.15, 0.2) is 29.4 Å². The van der Waals surface area contributed by atoms with Gasteiger partial charge in [0.25, 0.3) is 0 Å². The number of hydrogen-bond donors (Lipinski definition) is 2. The maximum absolute atomic E-state index is 13.0. The number of carbonyl (C=O) groups excluding carboxylic acids is 1. The number of azide groups is 1. The first-order valence-corrected chi connectivity index (χ1v) is 9.41. The van der Waals surface area contributed by atoms with Gasteiger partial charge in [0, 0.05) is 23.9 Å². The maximum Gasteiger partial charge on any atom is 0.306 e. The van der Waals surface area contributed by atoms with E-state index in [0.717, 1.165) is 5.56 Å². The summed E-state index contributed by atoms with van der Waals surface area (Å²) in [5.74, 6) is -1.24. The van der Waals surface area contributed by atoms with Crippen molar-refractivity contribution in [2.24, 2.45) is 11.0 Å². The Morgan fingerprint density at radius 2 is 1.96 bits per heavy atom. The largest absolute Gasteiger partial charge is 0.491 e. The lowest BCUT2D eigenvalue weighted by molar-refractivity contribution is -0.146. The fraction of sp³-hybridized carbons (Fsp3) is 0.579. The van der Waals surface area contributed by atoms with E-state index in [4.69, 9.17) is 20.5 Å². The number of benzene rings is 1. The Balaban J connectivity index is 2.14. The standard InChI is InChI=1S/C19H26N4O5/c1-2-16(13-3-5-15(6-4-13)28-12-11-24)17(21-22-20)18(25)23-9-7-14(8-10-23)19(26)27/h3-6,14,16-17,24H,2,7-12H2,1H3,(H,26,27). The van der Waals surface area contributed by atoms with Crippen LogP contribution in [0.3, 0.4) is 0 Å². The molecule has 0 spiro atoms. The number of aliphatic hydroxyl groups excluding tert-OH is 1. The summed E-state index contributed by atoms with van der Waals surface area (Å²) >= 11 is 0. The minimum absolute atomic E-state index is 0.0780. The molecule has 2 N–H and O–H groups in total. The Morgan fingerprint density at radius 1 is 1.32 bits per heavy atom. The number of amides is 1. The van der Waals surface area contributed by atoms with E-state index in [-0.39, 0.29) is 25.0 Å². The molecule has 1 aromatic rings. The molecule has 1 heterocycles. The molecule has 2 unspecified atom stereocenters. The number of carboxylic acid groups (broad SMARTS) is 1. The van der Waals surface area contributed by atoms with Gasteiger partial charge in [0.15, 0.2) is 0 Å². The summed E-state index contributed by atoms with van der Waals surface area (Å²) in [4.78, 5) is 28.6. The summed E-state index contributed by atoms with van der Waals surface area (Å²) in [6.07, 6.45) is 1.40. The number of aliphatic hydroxyl groups is 1. The lowest BCUT2D eigenvalue weighted by atomic mass is 9.88. The number of carbonyl (C=O) groups is 2. The molecule has 1 amide bonds. The number of piperidine rings is 1. The monoisotopic (exact) mass is 390 g/mol. The molecule has 9 nitrogen and oxygen atoms in total. The molecule has 0 aromatic heterocycles. The van der Waals surface area contributed by atoms with Crippen LogP contribution >= 0.6 is 0 Å². The van der Waals surface area contributed by atoms with E-state index < -0.39 is 17.9 Å². The zero-order valence-corrected chi connectivity index (χ0v) is 15.9. The van der Waals surface area contributed by atoms with E-state index in [0.29, 0.717) is 38.1 Å². The van der Waals surface area contributed by atoms with Crippen molar-refractivity contribution in [2.45, 2.75) is 38.1 Å². The first kappa shape index (κ1) is 21.5. The lowest BCUT2D eigenvalue weighted by Gasteiger charge is -2.34. The molecule has 152 valence electrons. The predicted octanol–water partition coefficient (Wildman–Crippen LogP) is 2.55. The normalized spacial score (nSPS) is 16.7. The minimum atomic E-state index is -0.888. The molecule has 2 rings (SSSR count). The molecule has 1 saturated heterocycles. The van der Waals surface area contributed by atoms with Gasteiger partial charge in [-0.2, -0.15) is 0 Å². The first-order chi connectivity index (χ1) is 13.5. The highest BCUT2D eigenvalue weighted by Crippen LogP contribution is 2.30. The van der Waals surface area contributed by atoms with Crippen LogP contribution in [0.5, 0.6) is 5.75 Å². The van der Waals surface area contributed by atoms with Gasteiger partial charge in [-0.15, -0.1) is 0 Å². The van der Waals surface area contributed by atoms with E-state index in [1.807, 2.05) is 19.1 Å². The molecular weight excluding hydrogens is 364 g/mol. The number of ether oxygens (including phenoxy) is 1. The SMILES string of the molecule is CCC(c1ccc(OCCO)cc1)C(N=[N+]=[N-])C(=O)N1CCC(C(=O)O)CC1. The van der Waals surface area contributed by atoms with Crippen molar-refractivity contribution in [1.29, 1.82) is 0 Å². The number of likely N-dealkylation sites (tertiary alicyclic amines) is 1. The highest BCUT2D eigenvalue weighted by Gasteiger charge is 2.34. The fourth-order valence-electron chi connectivity index (χ4n) is 3.51. The molecule has 0 bridgehead atoms. The summed E-state index contributed by atoms with van der Waals surface area (Å²) in [5.41, 5.74) is 9.85. The van der Waals surface area contributed by atoms with Gasteiger partial charge in [0.05, 0.1) is 12.5 Å². The second-order valence-corrected chi connectivity index (χ2v) is 6.74. The van der Waals surface area contributed by atoms with Crippen LogP contribution in [-0.2, 0) is 9.59 Å². The van der Waals surface area contributed by atoms with Gasteiger partial charge in [-0.3, -0.25) is 9.59 Å². The van der Waals surface area contributed by atoms with Gasteiger partial charge in [-0.1, -0.05) is 24.2 Å². The third kappa shape index (κ3) is 5.37. The van der Waals surface area contributed by atoms with Gasteiger partial charge in [-0.25, -0.2) is 0 Å². The molecule has 1 fully saturated rings. The summed E-state index contributed by atoms with van der Waals surface area (Å²) in [5, 5.41) is 21.7. The second kappa shape index (κ2) is 10.5. The molecule has 1 aliphatic heterocycles. The van der Waals surface area contributed by atoms with Crippen molar-refractivity contribution >= 4 is 11.9 Å². The van der Waals surface area contributed by atoms with Crippen molar-refractivity contribution in [3.8, 4) is 5.75 Å². The highest BCUT2D eigenvalue weighted by atomic mass is 16.5. The van der Waals surface area contributed by atoms with Gasteiger partial charge in [-0.05, 0) is 42.5 Å². The number of aliphatic carboxylic acids is 1. The third-order valence-electron chi connectivity index (χ3n) is 5.07. The molecule has 0 saturated carbocycles. The lowest BCUT2D eigenvalue weighted by Crippen LogP contribution is -2.46. The van der Waals surface area contributed by atoms with E-state index >= 15 is 0 Å². The topological polar surface area (TPSA) is 136 Å². The van der Waals surface area contributed by atoms with Crippen LogP contribution in [0.25, 0.3) is 10.4 Å². The minimum Gasteiger partial charge on any atom is -0.491 e. The van der Waals surface area contributed by atoms with Crippen molar-refractivity contribution in [2.75, 3.05) is 26.3 Å². The van der Waals surface area contributed by atoms with Crippen LogP contribution in [0.4, 0.5) is 0 Å². The zero-order valence-electron chi connectivity index (χ0n) is 15.9. The Morgan fingerprint density at radius 3 is 2.46 bits per heavy atom. The summed E-state index contributed by atoms with van der Waals surface area (Å²) < 4.78 is 5.35. The summed E-state index contributed by atoms with van der Waals surface area (Å²) in [7, 11) is 0. The maximum atomic E-state index is 13.0. The first-order valence-electron chi connectivity index (χ1n) is 9.41. The zero-order chi connectivity index (χ0) is 20.5. The van der Waals surface area contributed by atoms with Crippen molar-refractivity contribution in [1.82, 2.24) is 4.90 Å². The Hall–Kier alpha value is -2.77. The van der Waals surface area contributed by atoms with Crippen molar-refractivity contribution < 1.29 is 24.5 Å².